The molecule has 1 saturated carbocycles. The van der Waals surface area contributed by atoms with E-state index >= 15 is 0 Å². The Labute approximate surface area is 183 Å². The van der Waals surface area contributed by atoms with Gasteiger partial charge in [-0.05, 0) is 42.3 Å². The van der Waals surface area contributed by atoms with Crippen LogP contribution in [0.2, 0.25) is 0 Å². The standard InChI is InChI=1S/C24H24F2N2O4/c25-19-7-14(6-15-8-20(26)23(30)27-22(15)19)21(29)12-28-11-16-9-18(10-24(16,31)13-28)32-17-4-2-1-3-5-17/h1-8,16,18,21,29,31H,9-13H2,(H,27,30)/t16-,18+,21+,24-/m1/s1. The summed E-state index contributed by atoms with van der Waals surface area (Å²) in [7, 11) is 0. The van der Waals surface area contributed by atoms with Gasteiger partial charge in [0.25, 0.3) is 5.56 Å². The number of halogens is 2. The summed E-state index contributed by atoms with van der Waals surface area (Å²) >= 11 is 0. The summed E-state index contributed by atoms with van der Waals surface area (Å²) in [6.45, 7) is 1.20. The van der Waals surface area contributed by atoms with Gasteiger partial charge >= 0.3 is 0 Å². The van der Waals surface area contributed by atoms with Crippen LogP contribution in [0.15, 0.2) is 53.3 Å². The molecule has 0 radical (unpaired) electrons. The summed E-state index contributed by atoms with van der Waals surface area (Å²) < 4.78 is 34.1. The van der Waals surface area contributed by atoms with Gasteiger partial charge in [0, 0.05) is 37.4 Å². The van der Waals surface area contributed by atoms with Crippen molar-refractivity contribution in [1.82, 2.24) is 9.88 Å². The first kappa shape index (κ1) is 21.1. The van der Waals surface area contributed by atoms with Gasteiger partial charge < -0.3 is 19.9 Å². The second-order valence-corrected chi connectivity index (χ2v) is 8.92. The van der Waals surface area contributed by atoms with Crippen molar-refractivity contribution < 1.29 is 23.7 Å². The molecule has 2 aromatic carbocycles. The van der Waals surface area contributed by atoms with E-state index in [2.05, 4.69) is 4.98 Å². The zero-order chi connectivity index (χ0) is 22.5. The van der Waals surface area contributed by atoms with E-state index in [9.17, 15) is 23.8 Å². The Hall–Kier alpha value is -2.81. The summed E-state index contributed by atoms with van der Waals surface area (Å²) in [4.78, 5) is 15.5. The molecule has 1 aliphatic heterocycles. The van der Waals surface area contributed by atoms with Crippen molar-refractivity contribution in [2.75, 3.05) is 19.6 Å². The topological polar surface area (TPSA) is 85.8 Å². The van der Waals surface area contributed by atoms with Crippen LogP contribution in [0.1, 0.15) is 24.5 Å². The first-order valence-electron chi connectivity index (χ1n) is 10.7. The molecule has 0 bridgehead atoms. The van der Waals surface area contributed by atoms with E-state index in [0.29, 0.717) is 19.5 Å². The monoisotopic (exact) mass is 442 g/mol. The lowest BCUT2D eigenvalue weighted by Crippen LogP contribution is -2.36. The van der Waals surface area contributed by atoms with Gasteiger partial charge in [0.15, 0.2) is 5.82 Å². The lowest BCUT2D eigenvalue weighted by atomic mass is 9.95. The molecule has 3 N–H and O–H groups in total. The second-order valence-electron chi connectivity index (χ2n) is 8.92. The van der Waals surface area contributed by atoms with Crippen LogP contribution in [-0.4, -0.2) is 51.4 Å². The molecule has 2 fully saturated rings. The number of rotatable bonds is 5. The van der Waals surface area contributed by atoms with Crippen LogP contribution in [-0.2, 0) is 0 Å². The SMILES string of the molecule is O=c1[nH]c2c(F)cc([C@@H](O)CN3C[C@H]4C[C@H](Oc5ccccc5)C[C@@]4(O)C3)cc2cc1F. The average Bonchev–Trinajstić information content (AvgIpc) is 3.20. The van der Waals surface area contributed by atoms with Gasteiger partial charge in [0.1, 0.15) is 17.7 Å². The fraction of sp³-hybridized carbons (Fsp3) is 0.375. The molecule has 32 heavy (non-hydrogen) atoms. The molecule has 8 heteroatoms. The highest BCUT2D eigenvalue weighted by Crippen LogP contribution is 2.43. The normalized spacial score (nSPS) is 26.4. The third kappa shape index (κ3) is 3.90. The number of β-amino-alcohol motifs (C(OH)–C–C–N with tert-alkyl or cyclic N) is 2. The number of nitrogens with zero attached hydrogens (tertiary/aromatic N) is 1. The highest BCUT2D eigenvalue weighted by molar-refractivity contribution is 5.79. The number of benzene rings is 2. The summed E-state index contributed by atoms with van der Waals surface area (Å²) in [6.07, 6.45) is 0.139. The van der Waals surface area contributed by atoms with Crippen molar-refractivity contribution in [2.24, 2.45) is 5.92 Å². The number of aliphatic hydroxyl groups excluding tert-OH is 1. The van der Waals surface area contributed by atoms with Crippen LogP contribution in [0, 0.1) is 17.6 Å². The Balaban J connectivity index is 1.25. The molecule has 5 rings (SSSR count). The Kier molecular flexibility index (Phi) is 5.23. The van der Waals surface area contributed by atoms with E-state index in [1.807, 2.05) is 35.2 Å². The predicted molar refractivity (Wildman–Crippen MR) is 114 cm³/mol. The maximum atomic E-state index is 14.4. The van der Waals surface area contributed by atoms with E-state index < -0.39 is 28.9 Å². The minimum atomic E-state index is -1.03. The van der Waals surface area contributed by atoms with Crippen LogP contribution < -0.4 is 10.3 Å². The molecule has 1 aromatic heterocycles. The molecule has 0 spiro atoms. The molecule has 3 aromatic rings. The Bertz CT molecular complexity index is 1200. The molecule has 2 aliphatic rings. The minimum Gasteiger partial charge on any atom is -0.490 e. The van der Waals surface area contributed by atoms with Crippen molar-refractivity contribution in [3.8, 4) is 5.75 Å². The molecule has 0 amide bonds. The molecular formula is C24H24F2N2O4. The molecule has 0 unspecified atom stereocenters. The van der Waals surface area contributed by atoms with Gasteiger partial charge in [-0.2, -0.15) is 0 Å². The summed E-state index contributed by atoms with van der Waals surface area (Å²) in [5, 5.41) is 22.0. The molecule has 1 aliphatic carbocycles. The molecule has 4 atom stereocenters. The van der Waals surface area contributed by atoms with Gasteiger partial charge in [-0.1, -0.05) is 18.2 Å². The van der Waals surface area contributed by atoms with E-state index in [0.717, 1.165) is 24.3 Å². The number of aromatic amines is 1. The number of ether oxygens (including phenoxy) is 1. The second kappa shape index (κ2) is 7.95. The van der Waals surface area contributed by atoms with Crippen LogP contribution in [0.4, 0.5) is 8.78 Å². The smallest absolute Gasteiger partial charge is 0.284 e. The number of likely N-dealkylation sites (tertiary alicyclic amines) is 1. The fourth-order valence-electron chi connectivity index (χ4n) is 5.12. The number of nitrogens with one attached hydrogen (secondary N) is 1. The molecular weight excluding hydrogens is 418 g/mol. The number of para-hydroxylation sites is 1. The lowest BCUT2D eigenvalue weighted by Gasteiger charge is -2.25. The zero-order valence-corrected chi connectivity index (χ0v) is 17.3. The summed E-state index contributed by atoms with van der Waals surface area (Å²) in [6, 6.07) is 13.1. The molecule has 1 saturated heterocycles. The van der Waals surface area contributed by atoms with Crippen LogP contribution >= 0.6 is 0 Å². The number of aliphatic hydroxyl groups is 2. The Morgan fingerprint density at radius 1 is 1.19 bits per heavy atom. The number of hydrogen-bond donors (Lipinski definition) is 3. The van der Waals surface area contributed by atoms with Crippen LogP contribution in [0.25, 0.3) is 10.9 Å². The Morgan fingerprint density at radius 2 is 1.97 bits per heavy atom. The predicted octanol–water partition coefficient (Wildman–Crippen LogP) is 2.74. The lowest BCUT2D eigenvalue weighted by molar-refractivity contribution is 0.0178. The van der Waals surface area contributed by atoms with Crippen molar-refractivity contribution >= 4 is 10.9 Å². The number of H-pyrrole nitrogens is 1. The van der Waals surface area contributed by atoms with E-state index in [1.54, 1.807) is 0 Å². The number of fused-ring (bicyclic) bond motifs is 2. The van der Waals surface area contributed by atoms with E-state index in [1.165, 1.54) is 6.07 Å². The maximum Gasteiger partial charge on any atom is 0.284 e. The van der Waals surface area contributed by atoms with Crippen LogP contribution in [0.5, 0.6) is 5.75 Å². The van der Waals surface area contributed by atoms with Gasteiger partial charge in [-0.15, -0.1) is 0 Å². The first-order valence-corrected chi connectivity index (χ1v) is 10.7. The van der Waals surface area contributed by atoms with E-state index in [4.69, 9.17) is 4.74 Å². The fourth-order valence-corrected chi connectivity index (χ4v) is 5.12. The summed E-state index contributed by atoms with van der Waals surface area (Å²) in [5.41, 5.74) is -1.69. The highest BCUT2D eigenvalue weighted by Gasteiger charge is 2.52. The van der Waals surface area contributed by atoms with Gasteiger partial charge in [-0.25, -0.2) is 8.78 Å². The zero-order valence-electron chi connectivity index (χ0n) is 17.3. The number of hydrogen-bond acceptors (Lipinski definition) is 5. The van der Waals surface area contributed by atoms with Gasteiger partial charge in [0.2, 0.25) is 0 Å². The average molecular weight is 442 g/mol. The highest BCUT2D eigenvalue weighted by atomic mass is 19.1. The van der Waals surface area contributed by atoms with Gasteiger partial charge in [-0.3, -0.25) is 9.69 Å². The molecule has 168 valence electrons. The van der Waals surface area contributed by atoms with Gasteiger partial charge in [0.05, 0.1) is 17.2 Å². The quantitative estimate of drug-likeness (QED) is 0.566. The van der Waals surface area contributed by atoms with Crippen molar-refractivity contribution in [3.05, 3.63) is 76.1 Å². The van der Waals surface area contributed by atoms with Crippen molar-refractivity contribution in [3.63, 3.8) is 0 Å². The third-order valence-electron chi connectivity index (χ3n) is 6.61. The largest absolute Gasteiger partial charge is 0.490 e. The van der Waals surface area contributed by atoms with E-state index in [-0.39, 0.29) is 35.0 Å². The molecule has 6 nitrogen and oxygen atoms in total. The Morgan fingerprint density at radius 3 is 2.72 bits per heavy atom. The minimum absolute atomic E-state index is 0.0240. The number of pyridine rings is 1. The number of aromatic nitrogens is 1. The van der Waals surface area contributed by atoms with Crippen molar-refractivity contribution in [2.45, 2.75) is 30.7 Å². The van der Waals surface area contributed by atoms with Crippen LogP contribution in [0.3, 0.4) is 0 Å². The maximum absolute atomic E-state index is 14.4. The third-order valence-corrected chi connectivity index (χ3v) is 6.61. The first-order chi connectivity index (χ1) is 15.3. The molecule has 2 heterocycles. The van der Waals surface area contributed by atoms with Crippen molar-refractivity contribution in [1.29, 1.82) is 0 Å². The summed E-state index contributed by atoms with van der Waals surface area (Å²) in [5.74, 6) is -0.933.